The van der Waals surface area contributed by atoms with Crippen molar-refractivity contribution in [2.75, 3.05) is 36.7 Å². The van der Waals surface area contributed by atoms with Gasteiger partial charge in [0.05, 0.1) is 6.61 Å². The van der Waals surface area contributed by atoms with Crippen LogP contribution in [0.1, 0.15) is 0 Å². The Kier molecular flexibility index (Phi) is 10.8. The smallest absolute Gasteiger partial charge is 0.0552 e. The van der Waals surface area contributed by atoms with Gasteiger partial charge in [0, 0.05) is 30.1 Å². The summed E-state index contributed by atoms with van der Waals surface area (Å²) < 4.78 is 4.93. The summed E-state index contributed by atoms with van der Waals surface area (Å²) in [7, 11) is 1.74. The summed E-state index contributed by atoms with van der Waals surface area (Å²) in [6.07, 6.45) is 1.95. The third-order valence-corrected chi connectivity index (χ3v) is 3.21. The largest absolute Gasteiger partial charge is 0.384 e. The maximum atomic E-state index is 4.93. The van der Waals surface area contributed by atoms with Gasteiger partial charge in [-0.25, -0.2) is 0 Å². The molecule has 0 aromatic carbocycles. The fourth-order valence-corrected chi connectivity index (χ4v) is 2.29. The number of rotatable bonds is 8. The molecule has 0 aliphatic rings. The van der Waals surface area contributed by atoms with Crippen LogP contribution in [0.15, 0.2) is 12.7 Å². The minimum Gasteiger partial charge on any atom is -0.384 e. The Morgan fingerprint density at radius 1 is 1.27 bits per heavy atom. The van der Waals surface area contributed by atoms with Gasteiger partial charge in [-0.05, 0) is 0 Å². The van der Waals surface area contributed by atoms with Gasteiger partial charge in [0.1, 0.15) is 0 Å². The van der Waals surface area contributed by atoms with E-state index in [4.69, 9.17) is 4.74 Å². The third-order valence-electron chi connectivity index (χ3n) is 1.04. The fraction of sp³-hybridized carbons (Fsp3) is 0.750. The number of ether oxygens (including phenoxy) is 1. The van der Waals surface area contributed by atoms with E-state index in [0.29, 0.717) is 0 Å². The zero-order valence-corrected chi connectivity index (χ0v) is 8.68. The number of hydrogen-bond acceptors (Lipinski definition) is 3. The summed E-state index contributed by atoms with van der Waals surface area (Å²) in [5.74, 6) is 4.64. The molecule has 0 bridgehead atoms. The van der Waals surface area contributed by atoms with Crippen molar-refractivity contribution in [3.05, 3.63) is 12.7 Å². The summed E-state index contributed by atoms with van der Waals surface area (Å²) in [5.41, 5.74) is 0. The van der Waals surface area contributed by atoms with Crippen LogP contribution in [0.5, 0.6) is 0 Å². The van der Waals surface area contributed by atoms with E-state index in [1.807, 2.05) is 29.6 Å². The van der Waals surface area contributed by atoms with Crippen LogP contribution in [0, 0.1) is 0 Å². The van der Waals surface area contributed by atoms with Gasteiger partial charge in [-0.2, -0.15) is 23.5 Å². The molecule has 3 heteroatoms. The minimum absolute atomic E-state index is 0.872. The lowest BCUT2D eigenvalue weighted by Crippen LogP contribution is -1.94. The first kappa shape index (κ1) is 11.4. The second-order valence-corrected chi connectivity index (χ2v) is 4.34. The number of thioether (sulfide) groups is 2. The van der Waals surface area contributed by atoms with Crippen molar-refractivity contribution in [2.45, 2.75) is 0 Å². The molecule has 0 aromatic heterocycles. The molecule has 0 N–H and O–H groups in total. The molecule has 0 saturated heterocycles. The molecule has 0 heterocycles. The first-order valence-corrected chi connectivity index (χ1v) is 5.98. The zero-order chi connectivity index (χ0) is 8.36. The average molecular weight is 192 g/mol. The van der Waals surface area contributed by atoms with Gasteiger partial charge in [0.2, 0.25) is 0 Å². The molecular weight excluding hydrogens is 176 g/mol. The van der Waals surface area contributed by atoms with Crippen LogP contribution < -0.4 is 0 Å². The fourth-order valence-electron chi connectivity index (χ4n) is 0.529. The molecule has 0 amide bonds. The Balaban J connectivity index is 2.74. The third kappa shape index (κ3) is 10.4. The summed E-state index contributed by atoms with van der Waals surface area (Å²) in [4.78, 5) is 0. The molecule has 0 aliphatic carbocycles. The molecule has 0 atom stereocenters. The van der Waals surface area contributed by atoms with Crippen molar-refractivity contribution in [3.8, 4) is 0 Å². The van der Waals surface area contributed by atoms with Crippen molar-refractivity contribution >= 4 is 23.5 Å². The van der Waals surface area contributed by atoms with Crippen molar-refractivity contribution in [1.29, 1.82) is 0 Å². The Labute approximate surface area is 78.0 Å². The second kappa shape index (κ2) is 10.4. The van der Waals surface area contributed by atoms with Gasteiger partial charge in [0.15, 0.2) is 0 Å². The molecule has 0 rings (SSSR count). The highest BCUT2D eigenvalue weighted by Gasteiger charge is 1.88. The Morgan fingerprint density at radius 2 is 2.00 bits per heavy atom. The van der Waals surface area contributed by atoms with Gasteiger partial charge < -0.3 is 4.74 Å². The van der Waals surface area contributed by atoms with E-state index in [1.165, 1.54) is 11.5 Å². The van der Waals surface area contributed by atoms with Crippen LogP contribution >= 0.6 is 23.5 Å². The molecule has 0 aromatic rings. The van der Waals surface area contributed by atoms with E-state index in [1.54, 1.807) is 7.11 Å². The molecule has 11 heavy (non-hydrogen) atoms. The van der Waals surface area contributed by atoms with Crippen molar-refractivity contribution in [2.24, 2.45) is 0 Å². The molecule has 0 spiro atoms. The average Bonchev–Trinajstić information content (AvgIpc) is 2.03. The van der Waals surface area contributed by atoms with Gasteiger partial charge in [-0.15, -0.1) is 6.58 Å². The first-order valence-electron chi connectivity index (χ1n) is 3.67. The van der Waals surface area contributed by atoms with E-state index in [0.717, 1.165) is 18.1 Å². The van der Waals surface area contributed by atoms with Crippen LogP contribution in [-0.4, -0.2) is 36.7 Å². The van der Waals surface area contributed by atoms with Gasteiger partial charge >= 0.3 is 0 Å². The van der Waals surface area contributed by atoms with Gasteiger partial charge in [0.25, 0.3) is 0 Å². The summed E-state index contributed by atoms with van der Waals surface area (Å²) in [6.45, 7) is 4.53. The molecule has 0 radical (unpaired) electrons. The first-order chi connectivity index (χ1) is 5.41. The Bertz CT molecular complexity index is 86.2. The van der Waals surface area contributed by atoms with E-state index >= 15 is 0 Å². The molecule has 0 aliphatic heterocycles. The topological polar surface area (TPSA) is 9.23 Å². The summed E-state index contributed by atoms with van der Waals surface area (Å²) in [5, 5.41) is 0. The van der Waals surface area contributed by atoms with Crippen molar-refractivity contribution < 1.29 is 4.74 Å². The van der Waals surface area contributed by atoms with Crippen LogP contribution in [0.4, 0.5) is 0 Å². The lowest BCUT2D eigenvalue weighted by atomic mass is 10.8. The minimum atomic E-state index is 0.872. The highest BCUT2D eigenvalue weighted by atomic mass is 32.2. The van der Waals surface area contributed by atoms with Crippen molar-refractivity contribution in [3.63, 3.8) is 0 Å². The molecule has 66 valence electrons. The maximum absolute atomic E-state index is 4.93. The van der Waals surface area contributed by atoms with E-state index in [-0.39, 0.29) is 0 Å². The monoisotopic (exact) mass is 192 g/mol. The lowest BCUT2D eigenvalue weighted by molar-refractivity contribution is 0.218. The highest BCUT2D eigenvalue weighted by Crippen LogP contribution is 2.06. The van der Waals surface area contributed by atoms with Crippen molar-refractivity contribution in [1.82, 2.24) is 0 Å². The van der Waals surface area contributed by atoms with Crippen LogP contribution in [-0.2, 0) is 4.74 Å². The predicted octanol–water partition coefficient (Wildman–Crippen LogP) is 2.29. The second-order valence-electron chi connectivity index (χ2n) is 1.97. The lowest BCUT2D eigenvalue weighted by Gasteiger charge is -1.98. The molecular formula is C8H16OS2. The van der Waals surface area contributed by atoms with Gasteiger partial charge in [-0.1, -0.05) is 6.08 Å². The highest BCUT2D eigenvalue weighted by molar-refractivity contribution is 8.03. The van der Waals surface area contributed by atoms with E-state index in [2.05, 4.69) is 6.58 Å². The normalized spacial score (nSPS) is 9.91. The SMILES string of the molecule is C=CCSCCSCCOC. The number of hydrogen-bond donors (Lipinski definition) is 0. The van der Waals surface area contributed by atoms with Crippen LogP contribution in [0.25, 0.3) is 0 Å². The standard InChI is InChI=1S/C8H16OS2/c1-3-5-10-7-8-11-6-4-9-2/h3H,1,4-8H2,2H3. The summed E-state index contributed by atoms with van der Waals surface area (Å²) in [6, 6.07) is 0. The van der Waals surface area contributed by atoms with Crippen LogP contribution in [0.2, 0.25) is 0 Å². The predicted molar refractivity (Wildman–Crippen MR) is 56.7 cm³/mol. The Morgan fingerprint density at radius 3 is 2.64 bits per heavy atom. The van der Waals surface area contributed by atoms with Gasteiger partial charge in [-0.3, -0.25) is 0 Å². The quantitative estimate of drug-likeness (QED) is 0.431. The molecule has 0 fully saturated rings. The molecule has 0 saturated carbocycles. The Hall–Kier alpha value is 0.400. The maximum Gasteiger partial charge on any atom is 0.0552 e. The zero-order valence-electron chi connectivity index (χ0n) is 7.04. The summed E-state index contributed by atoms with van der Waals surface area (Å²) >= 11 is 3.88. The van der Waals surface area contributed by atoms with E-state index < -0.39 is 0 Å². The van der Waals surface area contributed by atoms with E-state index in [9.17, 15) is 0 Å². The number of methoxy groups -OCH3 is 1. The van der Waals surface area contributed by atoms with Crippen LogP contribution in [0.3, 0.4) is 0 Å². The molecule has 0 unspecified atom stereocenters. The molecule has 1 nitrogen and oxygen atoms in total.